The standard InChI is InChI=1S/C14H21N/c1-11-7-8-12(2)13(10-11)14-6-4-3-5-9-15-14/h7-8,10,14-15H,3-6,9H2,1-2H3. The van der Waals surface area contributed by atoms with Crippen LogP contribution in [-0.2, 0) is 0 Å². The lowest BCUT2D eigenvalue weighted by Crippen LogP contribution is -2.21. The first-order valence-corrected chi connectivity index (χ1v) is 6.08. The van der Waals surface area contributed by atoms with Crippen LogP contribution in [0.1, 0.15) is 48.4 Å². The molecule has 1 saturated heterocycles. The summed E-state index contributed by atoms with van der Waals surface area (Å²) in [5, 5.41) is 3.67. The molecule has 0 spiro atoms. The maximum atomic E-state index is 3.67. The first kappa shape index (κ1) is 10.7. The first-order chi connectivity index (χ1) is 7.27. The molecule has 0 radical (unpaired) electrons. The molecule has 15 heavy (non-hydrogen) atoms. The average Bonchev–Trinajstić information content (AvgIpc) is 2.50. The molecule has 1 nitrogen and oxygen atoms in total. The van der Waals surface area contributed by atoms with Gasteiger partial charge in [-0.05, 0) is 44.4 Å². The summed E-state index contributed by atoms with van der Waals surface area (Å²) in [5.74, 6) is 0. The van der Waals surface area contributed by atoms with Crippen LogP contribution < -0.4 is 5.32 Å². The molecule has 1 atom stereocenters. The number of nitrogens with one attached hydrogen (secondary N) is 1. The van der Waals surface area contributed by atoms with E-state index in [1.807, 2.05) is 0 Å². The maximum absolute atomic E-state index is 3.67. The van der Waals surface area contributed by atoms with Gasteiger partial charge in [-0.1, -0.05) is 36.6 Å². The molecule has 1 heterocycles. The fourth-order valence-corrected chi connectivity index (χ4v) is 2.43. The summed E-state index contributed by atoms with van der Waals surface area (Å²) in [6.45, 7) is 5.58. The molecular weight excluding hydrogens is 182 g/mol. The molecule has 1 fully saturated rings. The second-order valence-corrected chi connectivity index (χ2v) is 4.72. The minimum absolute atomic E-state index is 0.590. The van der Waals surface area contributed by atoms with Crippen molar-refractivity contribution in [3.8, 4) is 0 Å². The Bertz CT molecular complexity index is 322. The summed E-state index contributed by atoms with van der Waals surface area (Å²) in [7, 11) is 0. The van der Waals surface area contributed by atoms with Gasteiger partial charge in [-0.3, -0.25) is 0 Å². The lowest BCUT2D eigenvalue weighted by molar-refractivity contribution is 0.532. The van der Waals surface area contributed by atoms with Gasteiger partial charge < -0.3 is 5.32 Å². The molecule has 1 aromatic carbocycles. The van der Waals surface area contributed by atoms with Gasteiger partial charge >= 0.3 is 0 Å². The Hall–Kier alpha value is -0.820. The van der Waals surface area contributed by atoms with Crippen molar-refractivity contribution in [3.63, 3.8) is 0 Å². The number of aryl methyl sites for hydroxylation is 2. The highest BCUT2D eigenvalue weighted by atomic mass is 14.9. The van der Waals surface area contributed by atoms with Gasteiger partial charge in [-0.15, -0.1) is 0 Å². The Kier molecular flexibility index (Phi) is 3.42. The maximum Gasteiger partial charge on any atom is 0.0322 e. The molecule has 1 heteroatoms. The number of hydrogen-bond acceptors (Lipinski definition) is 1. The second kappa shape index (κ2) is 4.80. The molecule has 82 valence electrons. The quantitative estimate of drug-likeness (QED) is 0.736. The van der Waals surface area contributed by atoms with E-state index in [4.69, 9.17) is 0 Å². The van der Waals surface area contributed by atoms with Crippen molar-refractivity contribution in [2.75, 3.05) is 6.54 Å². The highest BCUT2D eigenvalue weighted by molar-refractivity contribution is 5.33. The van der Waals surface area contributed by atoms with E-state index >= 15 is 0 Å². The van der Waals surface area contributed by atoms with Gasteiger partial charge in [0.1, 0.15) is 0 Å². The molecular formula is C14H21N. The smallest absolute Gasteiger partial charge is 0.0322 e. The zero-order valence-corrected chi connectivity index (χ0v) is 9.84. The summed E-state index contributed by atoms with van der Waals surface area (Å²) in [4.78, 5) is 0. The predicted molar refractivity (Wildman–Crippen MR) is 65.1 cm³/mol. The van der Waals surface area contributed by atoms with Crippen LogP contribution in [0.15, 0.2) is 18.2 Å². The Morgan fingerprint density at radius 1 is 1.13 bits per heavy atom. The topological polar surface area (TPSA) is 12.0 Å². The van der Waals surface area contributed by atoms with Gasteiger partial charge in [0.15, 0.2) is 0 Å². The molecule has 1 aliphatic rings. The molecule has 1 aliphatic heterocycles. The first-order valence-electron chi connectivity index (χ1n) is 6.08. The lowest BCUT2D eigenvalue weighted by Gasteiger charge is -2.19. The van der Waals surface area contributed by atoms with Crippen molar-refractivity contribution in [1.82, 2.24) is 5.32 Å². The van der Waals surface area contributed by atoms with E-state index in [9.17, 15) is 0 Å². The molecule has 1 aromatic rings. The van der Waals surface area contributed by atoms with Gasteiger partial charge in [0.2, 0.25) is 0 Å². The zero-order valence-electron chi connectivity index (χ0n) is 9.84. The third-order valence-corrected chi connectivity index (χ3v) is 3.37. The molecule has 0 bridgehead atoms. The van der Waals surface area contributed by atoms with Crippen molar-refractivity contribution in [2.24, 2.45) is 0 Å². The molecule has 0 saturated carbocycles. The van der Waals surface area contributed by atoms with Crippen LogP contribution in [0.3, 0.4) is 0 Å². The van der Waals surface area contributed by atoms with E-state index < -0.39 is 0 Å². The van der Waals surface area contributed by atoms with Crippen molar-refractivity contribution in [3.05, 3.63) is 34.9 Å². The fourth-order valence-electron chi connectivity index (χ4n) is 2.43. The SMILES string of the molecule is Cc1ccc(C)c(C2CCCCCN2)c1. The summed E-state index contributed by atoms with van der Waals surface area (Å²) >= 11 is 0. The summed E-state index contributed by atoms with van der Waals surface area (Å²) in [5.41, 5.74) is 4.32. The molecule has 0 aromatic heterocycles. The van der Waals surface area contributed by atoms with E-state index in [1.54, 1.807) is 0 Å². The van der Waals surface area contributed by atoms with Crippen LogP contribution >= 0.6 is 0 Å². The summed E-state index contributed by atoms with van der Waals surface area (Å²) in [6.07, 6.45) is 5.38. The number of benzene rings is 1. The van der Waals surface area contributed by atoms with Crippen molar-refractivity contribution < 1.29 is 0 Å². The minimum atomic E-state index is 0.590. The van der Waals surface area contributed by atoms with E-state index in [0.29, 0.717) is 6.04 Å². The molecule has 1 unspecified atom stereocenters. The normalized spacial score (nSPS) is 22.4. The summed E-state index contributed by atoms with van der Waals surface area (Å²) in [6, 6.07) is 7.39. The van der Waals surface area contributed by atoms with Gasteiger partial charge in [-0.2, -0.15) is 0 Å². The van der Waals surface area contributed by atoms with Gasteiger partial charge in [0, 0.05) is 6.04 Å². The van der Waals surface area contributed by atoms with E-state index in [2.05, 4.69) is 37.4 Å². The van der Waals surface area contributed by atoms with Crippen LogP contribution in [0.2, 0.25) is 0 Å². The highest BCUT2D eigenvalue weighted by Gasteiger charge is 2.15. The van der Waals surface area contributed by atoms with Crippen LogP contribution in [0.4, 0.5) is 0 Å². The van der Waals surface area contributed by atoms with Crippen molar-refractivity contribution in [1.29, 1.82) is 0 Å². The van der Waals surface area contributed by atoms with Gasteiger partial charge in [-0.25, -0.2) is 0 Å². The zero-order chi connectivity index (χ0) is 10.7. The third kappa shape index (κ3) is 2.60. The second-order valence-electron chi connectivity index (χ2n) is 4.72. The molecule has 0 aliphatic carbocycles. The molecule has 2 rings (SSSR count). The van der Waals surface area contributed by atoms with Crippen molar-refractivity contribution in [2.45, 2.75) is 45.6 Å². The van der Waals surface area contributed by atoms with Gasteiger partial charge in [0.05, 0.1) is 0 Å². The summed E-state index contributed by atoms with van der Waals surface area (Å²) < 4.78 is 0. The lowest BCUT2D eigenvalue weighted by atomic mass is 9.96. The number of hydrogen-bond donors (Lipinski definition) is 1. The van der Waals surface area contributed by atoms with Crippen LogP contribution in [-0.4, -0.2) is 6.54 Å². The molecule has 1 N–H and O–H groups in total. The Morgan fingerprint density at radius 3 is 2.87 bits per heavy atom. The Labute approximate surface area is 92.9 Å². The third-order valence-electron chi connectivity index (χ3n) is 3.37. The Morgan fingerprint density at radius 2 is 2.00 bits per heavy atom. The average molecular weight is 203 g/mol. The van der Waals surface area contributed by atoms with Crippen LogP contribution in [0, 0.1) is 13.8 Å². The van der Waals surface area contributed by atoms with E-state index in [1.165, 1.54) is 48.9 Å². The van der Waals surface area contributed by atoms with Crippen molar-refractivity contribution >= 4 is 0 Å². The van der Waals surface area contributed by atoms with Crippen LogP contribution in [0.5, 0.6) is 0 Å². The fraction of sp³-hybridized carbons (Fsp3) is 0.571. The van der Waals surface area contributed by atoms with E-state index in [0.717, 1.165) is 0 Å². The number of rotatable bonds is 1. The van der Waals surface area contributed by atoms with Crippen LogP contribution in [0.25, 0.3) is 0 Å². The molecule has 0 amide bonds. The predicted octanol–water partition coefficient (Wildman–Crippen LogP) is 3.51. The minimum Gasteiger partial charge on any atom is -0.310 e. The van der Waals surface area contributed by atoms with E-state index in [-0.39, 0.29) is 0 Å². The Balaban J connectivity index is 2.22. The highest BCUT2D eigenvalue weighted by Crippen LogP contribution is 2.25. The van der Waals surface area contributed by atoms with Gasteiger partial charge in [0.25, 0.3) is 0 Å². The monoisotopic (exact) mass is 203 g/mol. The largest absolute Gasteiger partial charge is 0.310 e.